The van der Waals surface area contributed by atoms with E-state index in [0.29, 0.717) is 13.2 Å². The summed E-state index contributed by atoms with van der Waals surface area (Å²) in [5, 5.41) is 5.79. The van der Waals surface area contributed by atoms with Gasteiger partial charge in [-0.25, -0.2) is 14.8 Å². The average Bonchev–Trinajstić information content (AvgIpc) is 3.97. The van der Waals surface area contributed by atoms with E-state index >= 15 is 0 Å². The number of methoxy groups -OCH3 is 2. The number of aromatic nitrogens is 4. The first-order chi connectivity index (χ1) is 24.7. The highest BCUT2D eigenvalue weighted by Gasteiger charge is 2.38. The van der Waals surface area contributed by atoms with Gasteiger partial charge in [-0.2, -0.15) is 0 Å². The number of rotatable bonds is 12. The largest absolute Gasteiger partial charge is 0.453 e. The zero-order chi connectivity index (χ0) is 36.1. The molecule has 0 unspecified atom stereocenters. The molecule has 5 atom stereocenters. The van der Waals surface area contributed by atoms with Crippen molar-refractivity contribution in [2.45, 2.75) is 76.9 Å². The summed E-state index contributed by atoms with van der Waals surface area (Å²) in [5.41, 5.74) is 6.02. The molecule has 4 N–H and O–H groups in total. The third-order valence-electron chi connectivity index (χ3n) is 10.2. The quantitative estimate of drug-likeness (QED) is 0.137. The van der Waals surface area contributed by atoms with Crippen LogP contribution in [0.3, 0.4) is 0 Å². The second-order valence-electron chi connectivity index (χ2n) is 14.1. The van der Waals surface area contributed by atoms with Crippen molar-refractivity contribution in [1.82, 2.24) is 35.5 Å². The molecular formula is C39H49N7O5. The molecule has 0 bridgehead atoms. The van der Waals surface area contributed by atoms with Crippen LogP contribution in [-0.2, 0) is 19.1 Å². The molecule has 1 aliphatic carbocycles. The average molecular weight is 696 g/mol. The molecule has 12 nitrogen and oxygen atoms in total. The number of benzene rings is 2. The van der Waals surface area contributed by atoms with Gasteiger partial charge in [-0.1, -0.05) is 68.8 Å². The molecule has 4 aromatic rings. The Bertz CT molecular complexity index is 1800. The SMILES string of the molecule is COC[C@@H](C)NC(=O)[C@@H]1CCC[C@H]1c1ncc(-c2ccc(-c3ccc(-c4cnc([C@@H]5CCCN5C(=O)[C@@H](NC(=O)OC)C(C)C)[nH]4)cc3)cc2)[nH]1. The molecular weight excluding hydrogens is 646 g/mol. The number of hydrogen-bond acceptors (Lipinski definition) is 7. The highest BCUT2D eigenvalue weighted by Crippen LogP contribution is 2.39. The second kappa shape index (κ2) is 15.9. The number of amides is 3. The molecule has 1 saturated carbocycles. The predicted molar refractivity (Wildman–Crippen MR) is 194 cm³/mol. The molecule has 3 amide bonds. The molecule has 1 saturated heterocycles. The van der Waals surface area contributed by atoms with E-state index in [1.807, 2.05) is 38.1 Å². The maximum Gasteiger partial charge on any atom is 0.407 e. The smallest absolute Gasteiger partial charge is 0.407 e. The maximum absolute atomic E-state index is 13.5. The number of carbonyl (C=O) groups is 3. The lowest BCUT2D eigenvalue weighted by atomic mass is 9.94. The molecule has 12 heteroatoms. The summed E-state index contributed by atoms with van der Waals surface area (Å²) in [6.07, 6.45) is 7.51. The van der Waals surface area contributed by atoms with Crippen LogP contribution in [0.15, 0.2) is 60.9 Å². The number of H-pyrrole nitrogens is 2. The molecule has 6 rings (SSSR count). The van der Waals surface area contributed by atoms with E-state index in [1.54, 1.807) is 7.11 Å². The fraction of sp³-hybridized carbons (Fsp3) is 0.462. The summed E-state index contributed by atoms with van der Waals surface area (Å²) in [4.78, 5) is 56.5. The van der Waals surface area contributed by atoms with Crippen LogP contribution in [0.4, 0.5) is 4.79 Å². The first-order valence-electron chi connectivity index (χ1n) is 17.9. The van der Waals surface area contributed by atoms with Crippen molar-refractivity contribution < 1.29 is 23.9 Å². The molecule has 2 aromatic carbocycles. The van der Waals surface area contributed by atoms with Crippen LogP contribution in [0, 0.1) is 11.8 Å². The molecule has 1 aliphatic heterocycles. The highest BCUT2D eigenvalue weighted by atomic mass is 16.5. The van der Waals surface area contributed by atoms with E-state index < -0.39 is 12.1 Å². The predicted octanol–water partition coefficient (Wildman–Crippen LogP) is 6.21. The van der Waals surface area contributed by atoms with Gasteiger partial charge in [0, 0.05) is 31.5 Å². The minimum atomic E-state index is -0.675. The Morgan fingerprint density at radius 2 is 1.39 bits per heavy atom. The van der Waals surface area contributed by atoms with Crippen molar-refractivity contribution in [3.63, 3.8) is 0 Å². The number of carbonyl (C=O) groups excluding carboxylic acids is 3. The Hall–Kier alpha value is -4.97. The van der Waals surface area contributed by atoms with Crippen LogP contribution < -0.4 is 10.6 Å². The minimum absolute atomic E-state index is 0.0292. The van der Waals surface area contributed by atoms with Gasteiger partial charge in [-0.05, 0) is 60.8 Å². The normalized spacial score (nSPS) is 20.0. The number of alkyl carbamates (subject to hydrolysis) is 1. The van der Waals surface area contributed by atoms with Crippen molar-refractivity contribution in [3.05, 3.63) is 72.6 Å². The van der Waals surface area contributed by atoms with E-state index in [2.05, 4.69) is 74.1 Å². The first kappa shape index (κ1) is 35.8. The number of aromatic amines is 2. The van der Waals surface area contributed by atoms with Crippen LogP contribution in [0.5, 0.6) is 0 Å². The topological polar surface area (TPSA) is 154 Å². The molecule has 2 fully saturated rings. The van der Waals surface area contributed by atoms with E-state index in [-0.39, 0.29) is 41.7 Å². The molecule has 3 heterocycles. The number of hydrogen-bond donors (Lipinski definition) is 4. The number of nitrogens with zero attached hydrogens (tertiary/aromatic N) is 3. The molecule has 0 radical (unpaired) electrons. The van der Waals surface area contributed by atoms with Crippen molar-refractivity contribution in [3.8, 4) is 33.6 Å². The Labute approximate surface area is 299 Å². The van der Waals surface area contributed by atoms with Crippen LogP contribution in [0.2, 0.25) is 0 Å². The van der Waals surface area contributed by atoms with Gasteiger partial charge >= 0.3 is 6.09 Å². The van der Waals surface area contributed by atoms with Crippen LogP contribution in [-0.4, -0.2) is 82.2 Å². The number of likely N-dealkylation sites (tertiary alicyclic amines) is 1. The second-order valence-corrected chi connectivity index (χ2v) is 14.1. The molecule has 2 aromatic heterocycles. The standard InChI is InChI=1S/C39H49N7O5/c1-23(2)34(45-39(49)51-5)38(48)46-19-7-10-33(46)36-41-21-32(44-36)28-17-13-26(14-18-28)25-11-15-27(16-12-25)31-20-40-35(43-31)29-8-6-9-30(29)37(47)42-24(3)22-50-4/h11-18,20-21,23-24,29-30,33-34H,6-10,19,22H2,1-5H3,(H,40,43)(H,41,44)(H,42,47)(H,45,49)/t24-,29-,30-,33+,34+/m1/s1. The summed E-state index contributed by atoms with van der Waals surface area (Å²) in [7, 11) is 2.94. The van der Waals surface area contributed by atoms with Crippen molar-refractivity contribution in [2.75, 3.05) is 27.4 Å². The Morgan fingerprint density at radius 1 is 0.804 bits per heavy atom. The number of ether oxygens (including phenoxy) is 2. The van der Waals surface area contributed by atoms with Gasteiger partial charge in [0.2, 0.25) is 11.8 Å². The van der Waals surface area contributed by atoms with E-state index in [4.69, 9.17) is 14.5 Å². The van der Waals surface area contributed by atoms with E-state index in [9.17, 15) is 14.4 Å². The van der Waals surface area contributed by atoms with Gasteiger partial charge in [0.05, 0.1) is 43.5 Å². The fourth-order valence-electron chi connectivity index (χ4n) is 7.44. The van der Waals surface area contributed by atoms with Crippen molar-refractivity contribution in [1.29, 1.82) is 0 Å². The lowest BCUT2D eigenvalue weighted by Crippen LogP contribution is -2.51. The lowest BCUT2D eigenvalue weighted by Gasteiger charge is -2.30. The number of imidazole rings is 2. The van der Waals surface area contributed by atoms with Crippen LogP contribution in [0.25, 0.3) is 33.6 Å². The summed E-state index contributed by atoms with van der Waals surface area (Å²) in [6.45, 7) is 6.86. The Balaban J connectivity index is 1.10. The lowest BCUT2D eigenvalue weighted by molar-refractivity contribution is -0.135. The fourth-order valence-corrected chi connectivity index (χ4v) is 7.44. The molecule has 2 aliphatic rings. The maximum atomic E-state index is 13.5. The summed E-state index contributed by atoms with van der Waals surface area (Å²) in [5.74, 6) is 1.43. The monoisotopic (exact) mass is 695 g/mol. The Kier molecular flexibility index (Phi) is 11.2. The van der Waals surface area contributed by atoms with E-state index in [1.165, 1.54) is 7.11 Å². The van der Waals surface area contributed by atoms with Crippen LogP contribution >= 0.6 is 0 Å². The summed E-state index contributed by atoms with van der Waals surface area (Å²) >= 11 is 0. The molecule has 0 spiro atoms. The highest BCUT2D eigenvalue weighted by molar-refractivity contribution is 5.86. The van der Waals surface area contributed by atoms with Gasteiger partial charge in [0.25, 0.3) is 0 Å². The summed E-state index contributed by atoms with van der Waals surface area (Å²) < 4.78 is 9.93. The van der Waals surface area contributed by atoms with Gasteiger partial charge < -0.3 is 35.0 Å². The van der Waals surface area contributed by atoms with E-state index in [0.717, 1.165) is 77.4 Å². The van der Waals surface area contributed by atoms with Crippen LogP contribution in [0.1, 0.15) is 76.5 Å². The zero-order valence-electron chi connectivity index (χ0n) is 30.1. The van der Waals surface area contributed by atoms with Gasteiger partial charge in [0.15, 0.2) is 0 Å². The molecule has 270 valence electrons. The first-order valence-corrected chi connectivity index (χ1v) is 17.9. The van der Waals surface area contributed by atoms with Crippen molar-refractivity contribution in [2.24, 2.45) is 11.8 Å². The number of nitrogens with one attached hydrogen (secondary N) is 4. The Morgan fingerprint density at radius 3 is 1.98 bits per heavy atom. The zero-order valence-corrected chi connectivity index (χ0v) is 30.1. The van der Waals surface area contributed by atoms with Crippen molar-refractivity contribution >= 4 is 17.9 Å². The third kappa shape index (κ3) is 8.01. The third-order valence-corrected chi connectivity index (χ3v) is 10.2. The van der Waals surface area contributed by atoms with Gasteiger partial charge in [-0.15, -0.1) is 0 Å². The van der Waals surface area contributed by atoms with Gasteiger partial charge in [-0.3, -0.25) is 9.59 Å². The van der Waals surface area contributed by atoms with Gasteiger partial charge in [0.1, 0.15) is 17.7 Å². The summed E-state index contributed by atoms with van der Waals surface area (Å²) in [6, 6.07) is 15.8. The minimum Gasteiger partial charge on any atom is -0.453 e. The molecule has 51 heavy (non-hydrogen) atoms.